The summed E-state index contributed by atoms with van der Waals surface area (Å²) in [6, 6.07) is 0. The van der Waals surface area contributed by atoms with Crippen LogP contribution in [0.1, 0.15) is 0 Å². The summed E-state index contributed by atoms with van der Waals surface area (Å²) < 4.78 is 5.58. The van der Waals surface area contributed by atoms with Gasteiger partial charge in [-0.05, 0) is 0 Å². The van der Waals surface area contributed by atoms with E-state index in [4.69, 9.17) is 4.74 Å². The molecular weight excluding hydrogens is 128 g/mol. The Kier molecular flexibility index (Phi) is 1.88. The molecule has 2 aliphatic rings. The summed E-state index contributed by atoms with van der Waals surface area (Å²) in [5, 5.41) is 6.58. The van der Waals surface area contributed by atoms with Gasteiger partial charge in [-0.2, -0.15) is 0 Å². The van der Waals surface area contributed by atoms with Gasteiger partial charge in [-0.3, -0.25) is 0 Å². The molecule has 0 bridgehead atoms. The summed E-state index contributed by atoms with van der Waals surface area (Å²) >= 11 is 0. The normalized spacial score (nSPS) is 35.4. The smallest absolute Gasteiger partial charge is 0.0752 e. The lowest BCUT2D eigenvalue weighted by atomic mass is 9.95. The first-order valence-electron chi connectivity index (χ1n) is 4.00. The fourth-order valence-corrected chi connectivity index (χ4v) is 1.46. The molecule has 3 nitrogen and oxygen atoms in total. The van der Waals surface area contributed by atoms with Gasteiger partial charge in [-0.25, -0.2) is 0 Å². The van der Waals surface area contributed by atoms with E-state index in [0.717, 1.165) is 38.7 Å². The van der Waals surface area contributed by atoms with Crippen molar-refractivity contribution < 1.29 is 4.74 Å². The standard InChI is InChI=1S/C7H14N2O/c1-2-10-7(5-8-1)6-3-9-4-6/h6-9H,1-5H2/t7-/m1/s1. The van der Waals surface area contributed by atoms with Crippen LogP contribution in [0.4, 0.5) is 0 Å². The number of hydrogen-bond acceptors (Lipinski definition) is 3. The SMILES string of the molecule is C1CO[C@@H](C2CNC2)CN1. The van der Waals surface area contributed by atoms with Crippen molar-refractivity contribution in [2.45, 2.75) is 6.10 Å². The molecule has 0 aromatic carbocycles. The molecular formula is C7H14N2O. The summed E-state index contributed by atoms with van der Waals surface area (Å²) in [6.07, 6.45) is 0.481. The molecule has 0 unspecified atom stereocenters. The van der Waals surface area contributed by atoms with Gasteiger partial charge in [0.05, 0.1) is 12.7 Å². The maximum atomic E-state index is 5.58. The summed E-state index contributed by atoms with van der Waals surface area (Å²) in [5.74, 6) is 0.771. The summed E-state index contributed by atoms with van der Waals surface area (Å²) in [4.78, 5) is 0. The zero-order valence-corrected chi connectivity index (χ0v) is 6.10. The van der Waals surface area contributed by atoms with Gasteiger partial charge < -0.3 is 15.4 Å². The molecule has 2 fully saturated rings. The molecule has 2 saturated heterocycles. The van der Waals surface area contributed by atoms with Crippen molar-refractivity contribution in [1.82, 2.24) is 10.6 Å². The van der Waals surface area contributed by atoms with Gasteiger partial charge in [0.1, 0.15) is 0 Å². The maximum Gasteiger partial charge on any atom is 0.0752 e. The maximum absolute atomic E-state index is 5.58. The van der Waals surface area contributed by atoms with E-state index in [1.165, 1.54) is 0 Å². The Balaban J connectivity index is 1.78. The van der Waals surface area contributed by atoms with Gasteiger partial charge >= 0.3 is 0 Å². The Morgan fingerprint density at radius 2 is 2.00 bits per heavy atom. The molecule has 0 aromatic heterocycles. The van der Waals surface area contributed by atoms with Gasteiger partial charge in [-0.15, -0.1) is 0 Å². The average molecular weight is 142 g/mol. The highest BCUT2D eigenvalue weighted by molar-refractivity contribution is 4.85. The van der Waals surface area contributed by atoms with Gasteiger partial charge in [0, 0.05) is 32.1 Å². The molecule has 0 saturated carbocycles. The molecule has 0 aromatic rings. The fraction of sp³-hybridized carbons (Fsp3) is 1.00. The van der Waals surface area contributed by atoms with Gasteiger partial charge in [0.25, 0.3) is 0 Å². The van der Waals surface area contributed by atoms with Crippen molar-refractivity contribution in [3.8, 4) is 0 Å². The van der Waals surface area contributed by atoms with Crippen LogP contribution in [0.3, 0.4) is 0 Å². The molecule has 58 valence electrons. The fourth-order valence-electron chi connectivity index (χ4n) is 1.46. The Hall–Kier alpha value is -0.120. The van der Waals surface area contributed by atoms with Crippen LogP contribution in [0.2, 0.25) is 0 Å². The predicted octanol–water partition coefficient (Wildman–Crippen LogP) is -0.806. The van der Waals surface area contributed by atoms with Crippen LogP contribution in [0.5, 0.6) is 0 Å². The van der Waals surface area contributed by atoms with Crippen molar-refractivity contribution in [3.63, 3.8) is 0 Å². The lowest BCUT2D eigenvalue weighted by Crippen LogP contribution is -2.54. The van der Waals surface area contributed by atoms with Crippen molar-refractivity contribution in [2.75, 3.05) is 32.8 Å². The molecule has 10 heavy (non-hydrogen) atoms. The van der Waals surface area contributed by atoms with E-state index in [1.54, 1.807) is 0 Å². The van der Waals surface area contributed by atoms with Crippen LogP contribution >= 0.6 is 0 Å². The van der Waals surface area contributed by atoms with E-state index >= 15 is 0 Å². The second-order valence-corrected chi connectivity index (χ2v) is 3.03. The monoisotopic (exact) mass is 142 g/mol. The molecule has 3 heteroatoms. The lowest BCUT2D eigenvalue weighted by Gasteiger charge is -2.36. The van der Waals surface area contributed by atoms with E-state index in [2.05, 4.69) is 10.6 Å². The van der Waals surface area contributed by atoms with E-state index < -0.39 is 0 Å². The zero-order valence-electron chi connectivity index (χ0n) is 6.10. The van der Waals surface area contributed by atoms with E-state index in [-0.39, 0.29) is 0 Å². The first-order chi connectivity index (χ1) is 4.97. The summed E-state index contributed by atoms with van der Waals surface area (Å²) in [7, 11) is 0. The van der Waals surface area contributed by atoms with E-state index in [9.17, 15) is 0 Å². The molecule has 2 aliphatic heterocycles. The van der Waals surface area contributed by atoms with Crippen LogP contribution in [-0.2, 0) is 4.74 Å². The Morgan fingerprint density at radius 3 is 2.50 bits per heavy atom. The first kappa shape index (κ1) is 6.58. The topological polar surface area (TPSA) is 33.3 Å². The summed E-state index contributed by atoms with van der Waals surface area (Å²) in [5.41, 5.74) is 0. The highest BCUT2D eigenvalue weighted by atomic mass is 16.5. The van der Waals surface area contributed by atoms with Gasteiger partial charge in [-0.1, -0.05) is 0 Å². The molecule has 2 N–H and O–H groups in total. The second-order valence-electron chi connectivity index (χ2n) is 3.03. The molecule has 2 rings (SSSR count). The highest BCUT2D eigenvalue weighted by Crippen LogP contribution is 2.13. The van der Waals surface area contributed by atoms with Crippen LogP contribution in [0.25, 0.3) is 0 Å². The third-order valence-electron chi connectivity index (χ3n) is 2.30. The molecule has 0 spiro atoms. The van der Waals surface area contributed by atoms with E-state index in [0.29, 0.717) is 6.10 Å². The van der Waals surface area contributed by atoms with Gasteiger partial charge in [0.15, 0.2) is 0 Å². The Morgan fingerprint density at radius 1 is 1.10 bits per heavy atom. The molecule has 0 amide bonds. The van der Waals surface area contributed by atoms with Crippen LogP contribution in [0, 0.1) is 5.92 Å². The molecule has 1 atom stereocenters. The number of morpholine rings is 1. The molecule has 2 heterocycles. The minimum absolute atomic E-state index is 0.481. The Labute approximate surface area is 61.1 Å². The number of ether oxygens (including phenoxy) is 1. The van der Waals surface area contributed by atoms with Crippen molar-refractivity contribution in [1.29, 1.82) is 0 Å². The number of hydrogen-bond donors (Lipinski definition) is 2. The minimum atomic E-state index is 0.481. The van der Waals surface area contributed by atoms with E-state index in [1.807, 2.05) is 0 Å². The second kappa shape index (κ2) is 2.86. The zero-order chi connectivity index (χ0) is 6.81. The first-order valence-corrected chi connectivity index (χ1v) is 4.00. The number of rotatable bonds is 1. The highest BCUT2D eigenvalue weighted by Gasteiger charge is 2.28. The minimum Gasteiger partial charge on any atom is -0.375 e. The largest absolute Gasteiger partial charge is 0.375 e. The van der Waals surface area contributed by atoms with Crippen molar-refractivity contribution >= 4 is 0 Å². The Bertz CT molecular complexity index is 108. The summed E-state index contributed by atoms with van der Waals surface area (Å²) in [6.45, 7) is 5.25. The lowest BCUT2D eigenvalue weighted by molar-refractivity contribution is -0.0234. The average Bonchev–Trinajstić information content (AvgIpc) is 1.86. The van der Waals surface area contributed by atoms with Gasteiger partial charge in [0.2, 0.25) is 0 Å². The van der Waals surface area contributed by atoms with Crippen LogP contribution < -0.4 is 10.6 Å². The number of nitrogens with one attached hydrogen (secondary N) is 2. The molecule has 0 radical (unpaired) electrons. The van der Waals surface area contributed by atoms with Crippen molar-refractivity contribution in [3.05, 3.63) is 0 Å². The quantitative estimate of drug-likeness (QED) is 0.502. The van der Waals surface area contributed by atoms with Crippen LogP contribution in [-0.4, -0.2) is 38.9 Å². The predicted molar refractivity (Wildman–Crippen MR) is 39.0 cm³/mol. The third-order valence-corrected chi connectivity index (χ3v) is 2.30. The van der Waals surface area contributed by atoms with Crippen LogP contribution in [0.15, 0.2) is 0 Å². The third kappa shape index (κ3) is 1.17. The molecule has 0 aliphatic carbocycles. The van der Waals surface area contributed by atoms with Crippen molar-refractivity contribution in [2.24, 2.45) is 5.92 Å².